The van der Waals surface area contributed by atoms with Crippen LogP contribution in [-0.2, 0) is 10.2 Å². The van der Waals surface area contributed by atoms with Crippen LogP contribution in [0.1, 0.15) is 58.1 Å². The highest BCUT2D eigenvalue weighted by Gasteiger charge is 2.53. The third-order valence-corrected chi connectivity index (χ3v) is 10.0. The lowest BCUT2D eigenvalue weighted by molar-refractivity contribution is 0.0645. The number of hydrogen-bond donors (Lipinski definition) is 1. The van der Waals surface area contributed by atoms with E-state index in [1.165, 1.54) is 34.4 Å². The second kappa shape index (κ2) is 9.50. The minimum absolute atomic E-state index is 0.102. The summed E-state index contributed by atoms with van der Waals surface area (Å²) in [5, 5.41) is 13.8. The molecule has 218 valence electrons. The minimum atomic E-state index is -0.102. The second-order valence-electron chi connectivity index (χ2n) is 14.8. The van der Waals surface area contributed by atoms with Gasteiger partial charge in [0.2, 0.25) is 0 Å². The number of rotatable bonds is 3. The number of nitrogens with zero attached hydrogens (tertiary/aromatic N) is 2. The SMILES string of the molecule is CN(C)c1cc2c3c(cc(O)c2cc1-c1ccc(N2CCOCC2)cc1)C1(CC(C)(C)CC(C)(C)C1)c1ccccc1-3. The van der Waals surface area contributed by atoms with Crippen molar-refractivity contribution in [1.82, 2.24) is 0 Å². The Hall–Kier alpha value is -3.50. The maximum atomic E-state index is 11.8. The molecule has 4 nitrogen and oxygen atoms in total. The first kappa shape index (κ1) is 27.3. The van der Waals surface area contributed by atoms with Crippen LogP contribution in [0.2, 0.25) is 0 Å². The first-order chi connectivity index (χ1) is 20.0. The molecule has 0 aromatic heterocycles. The highest BCUT2D eigenvalue weighted by atomic mass is 16.5. The Labute approximate surface area is 250 Å². The fraction of sp³-hybridized carbons (Fsp3) is 0.421. The van der Waals surface area contributed by atoms with Crippen molar-refractivity contribution in [2.45, 2.75) is 52.4 Å². The van der Waals surface area contributed by atoms with E-state index < -0.39 is 0 Å². The van der Waals surface area contributed by atoms with Gasteiger partial charge in [-0.3, -0.25) is 0 Å². The fourth-order valence-electron chi connectivity index (χ4n) is 9.14. The van der Waals surface area contributed by atoms with Gasteiger partial charge >= 0.3 is 0 Å². The number of morpholine rings is 1. The molecule has 4 heteroatoms. The monoisotopic (exact) mass is 560 g/mol. The Morgan fingerprint density at radius 2 is 1.40 bits per heavy atom. The molecular weight excluding hydrogens is 516 g/mol. The van der Waals surface area contributed by atoms with Crippen LogP contribution in [0, 0.1) is 10.8 Å². The summed E-state index contributed by atoms with van der Waals surface area (Å²) in [6.45, 7) is 13.1. The van der Waals surface area contributed by atoms with Crippen molar-refractivity contribution in [2.24, 2.45) is 10.8 Å². The lowest BCUT2D eigenvalue weighted by Crippen LogP contribution is -2.43. The average Bonchev–Trinajstić information content (AvgIpc) is 3.19. The zero-order chi connectivity index (χ0) is 29.4. The zero-order valence-electron chi connectivity index (χ0n) is 26.1. The molecule has 0 atom stereocenters. The van der Waals surface area contributed by atoms with Gasteiger partial charge < -0.3 is 19.6 Å². The second-order valence-corrected chi connectivity index (χ2v) is 14.8. The molecule has 1 spiro atoms. The predicted molar refractivity (Wildman–Crippen MR) is 176 cm³/mol. The van der Waals surface area contributed by atoms with Crippen LogP contribution in [0.4, 0.5) is 11.4 Å². The number of anilines is 2. The van der Waals surface area contributed by atoms with Gasteiger partial charge in [0.1, 0.15) is 5.75 Å². The summed E-state index contributed by atoms with van der Waals surface area (Å²) in [5.74, 6) is 0.383. The average molecular weight is 561 g/mol. The molecular formula is C38H44N2O2. The first-order valence-electron chi connectivity index (χ1n) is 15.5. The van der Waals surface area contributed by atoms with Gasteiger partial charge in [0.25, 0.3) is 0 Å². The molecule has 42 heavy (non-hydrogen) atoms. The van der Waals surface area contributed by atoms with Crippen molar-refractivity contribution in [3.8, 4) is 28.0 Å². The molecule has 3 aliphatic rings. The molecule has 0 amide bonds. The van der Waals surface area contributed by atoms with Gasteiger partial charge in [-0.05, 0) is 93.6 Å². The Morgan fingerprint density at radius 3 is 2.07 bits per heavy atom. The van der Waals surface area contributed by atoms with Crippen LogP contribution >= 0.6 is 0 Å². The number of benzene rings is 4. The molecule has 7 rings (SSSR count). The molecule has 4 aromatic carbocycles. The van der Waals surface area contributed by atoms with E-state index in [0.717, 1.165) is 66.7 Å². The number of hydrogen-bond acceptors (Lipinski definition) is 4. The molecule has 1 heterocycles. The summed E-state index contributed by atoms with van der Waals surface area (Å²) in [5.41, 5.74) is 10.4. The van der Waals surface area contributed by atoms with Gasteiger partial charge in [-0.15, -0.1) is 0 Å². The van der Waals surface area contributed by atoms with Crippen LogP contribution in [0.3, 0.4) is 0 Å². The Kier molecular flexibility index (Phi) is 6.19. The lowest BCUT2D eigenvalue weighted by Gasteiger charge is -2.51. The van der Waals surface area contributed by atoms with Crippen LogP contribution in [0.5, 0.6) is 5.75 Å². The number of phenolic OH excluding ortho intramolecular Hbond substituents is 1. The van der Waals surface area contributed by atoms with E-state index in [9.17, 15) is 5.11 Å². The fourth-order valence-corrected chi connectivity index (χ4v) is 9.14. The summed E-state index contributed by atoms with van der Waals surface area (Å²) in [6.07, 6.45) is 3.39. The Bertz CT molecular complexity index is 1660. The van der Waals surface area contributed by atoms with E-state index in [-0.39, 0.29) is 16.2 Å². The van der Waals surface area contributed by atoms with Crippen molar-refractivity contribution in [3.63, 3.8) is 0 Å². The summed E-state index contributed by atoms with van der Waals surface area (Å²) in [6, 6.07) is 24.6. The zero-order valence-corrected chi connectivity index (χ0v) is 26.1. The van der Waals surface area contributed by atoms with Crippen molar-refractivity contribution >= 4 is 22.1 Å². The molecule has 0 bridgehead atoms. The molecule has 0 radical (unpaired) electrons. The molecule has 1 N–H and O–H groups in total. The van der Waals surface area contributed by atoms with Crippen LogP contribution < -0.4 is 9.80 Å². The molecule has 4 aromatic rings. The normalized spacial score (nSPS) is 20.0. The van der Waals surface area contributed by atoms with Crippen molar-refractivity contribution in [3.05, 3.63) is 77.9 Å². The Morgan fingerprint density at radius 1 is 0.738 bits per heavy atom. The van der Waals surface area contributed by atoms with Gasteiger partial charge in [-0.2, -0.15) is 0 Å². The highest BCUT2D eigenvalue weighted by molar-refractivity contribution is 6.09. The van der Waals surface area contributed by atoms with Gasteiger partial charge in [-0.1, -0.05) is 64.1 Å². The van der Waals surface area contributed by atoms with Crippen molar-refractivity contribution in [2.75, 3.05) is 50.2 Å². The van der Waals surface area contributed by atoms with Gasteiger partial charge in [0, 0.05) is 54.9 Å². The van der Waals surface area contributed by atoms with Gasteiger partial charge in [0.15, 0.2) is 0 Å². The van der Waals surface area contributed by atoms with Crippen molar-refractivity contribution < 1.29 is 9.84 Å². The van der Waals surface area contributed by atoms with E-state index in [1.807, 2.05) is 0 Å². The van der Waals surface area contributed by atoms with Gasteiger partial charge in [-0.25, -0.2) is 0 Å². The minimum Gasteiger partial charge on any atom is -0.507 e. The summed E-state index contributed by atoms with van der Waals surface area (Å²) < 4.78 is 5.55. The summed E-state index contributed by atoms with van der Waals surface area (Å²) in [7, 11) is 4.24. The highest BCUT2D eigenvalue weighted by Crippen LogP contribution is 2.65. The molecule has 1 aliphatic heterocycles. The van der Waals surface area contributed by atoms with Crippen LogP contribution in [0.15, 0.2) is 66.7 Å². The molecule has 0 unspecified atom stereocenters. The number of ether oxygens (including phenoxy) is 1. The standard InChI is InChI=1S/C38H44N2O2/c1-36(2)22-37(3,4)24-38(23-36)31-10-8-7-9-27(31)35-30-20-33(39(5)6)28(19-29(30)34(41)21-32(35)38)25-11-13-26(14-12-25)40-15-17-42-18-16-40/h7-14,19-21,41H,15-18,22-24H2,1-6H3. The molecule has 1 saturated carbocycles. The number of aromatic hydroxyl groups is 1. The van der Waals surface area contributed by atoms with E-state index in [1.54, 1.807) is 0 Å². The smallest absolute Gasteiger partial charge is 0.123 e. The van der Waals surface area contributed by atoms with Crippen molar-refractivity contribution in [1.29, 1.82) is 0 Å². The maximum Gasteiger partial charge on any atom is 0.123 e. The predicted octanol–water partition coefficient (Wildman–Crippen LogP) is 8.62. The third-order valence-electron chi connectivity index (χ3n) is 10.0. The number of fused-ring (bicyclic) bond motifs is 7. The first-order valence-corrected chi connectivity index (χ1v) is 15.5. The Balaban J connectivity index is 1.43. The third kappa shape index (κ3) is 4.29. The van der Waals surface area contributed by atoms with E-state index >= 15 is 0 Å². The molecule has 1 saturated heterocycles. The lowest BCUT2D eigenvalue weighted by atomic mass is 9.52. The van der Waals surface area contributed by atoms with E-state index in [2.05, 4.69) is 118 Å². The van der Waals surface area contributed by atoms with E-state index in [0.29, 0.717) is 5.75 Å². The molecule has 2 aliphatic carbocycles. The maximum absolute atomic E-state index is 11.8. The number of phenols is 1. The van der Waals surface area contributed by atoms with Crippen LogP contribution in [0.25, 0.3) is 33.0 Å². The summed E-state index contributed by atoms with van der Waals surface area (Å²) in [4.78, 5) is 4.60. The molecule has 2 fully saturated rings. The topological polar surface area (TPSA) is 35.9 Å². The van der Waals surface area contributed by atoms with Crippen LogP contribution in [-0.4, -0.2) is 45.5 Å². The van der Waals surface area contributed by atoms with E-state index in [4.69, 9.17) is 4.74 Å². The van der Waals surface area contributed by atoms with Gasteiger partial charge in [0.05, 0.1) is 13.2 Å². The largest absolute Gasteiger partial charge is 0.507 e. The summed E-state index contributed by atoms with van der Waals surface area (Å²) >= 11 is 0. The quantitative estimate of drug-likeness (QED) is 0.272.